The third-order valence-electron chi connectivity index (χ3n) is 3.91. The van der Waals surface area contributed by atoms with E-state index in [1.54, 1.807) is 0 Å². The van der Waals surface area contributed by atoms with Crippen LogP contribution in [0, 0.1) is 0 Å². The van der Waals surface area contributed by atoms with Crippen LogP contribution in [-0.2, 0) is 6.54 Å². The van der Waals surface area contributed by atoms with Crippen LogP contribution < -0.4 is 15.8 Å². The number of carbonyl (C=O) groups is 1. The van der Waals surface area contributed by atoms with Gasteiger partial charge in [0.2, 0.25) is 0 Å². The molecule has 0 spiro atoms. The first-order chi connectivity index (χ1) is 12.2. The molecule has 0 unspecified atom stereocenters. The maximum absolute atomic E-state index is 12.2. The summed E-state index contributed by atoms with van der Waals surface area (Å²) in [6, 6.07) is 7.65. The van der Waals surface area contributed by atoms with Crippen molar-refractivity contribution in [3.63, 3.8) is 0 Å². The zero-order valence-corrected chi connectivity index (χ0v) is 14.7. The molecule has 7 nitrogen and oxygen atoms in total. The number of rotatable bonds is 9. The van der Waals surface area contributed by atoms with E-state index >= 15 is 0 Å². The van der Waals surface area contributed by atoms with Crippen LogP contribution in [0.1, 0.15) is 29.9 Å². The number of nitrogen functional groups attached to an aromatic ring is 1. The first-order valence-corrected chi connectivity index (χ1v) is 8.43. The molecule has 0 radical (unpaired) electrons. The zero-order valence-electron chi connectivity index (χ0n) is 14.7. The van der Waals surface area contributed by atoms with Gasteiger partial charge in [0.05, 0.1) is 0 Å². The van der Waals surface area contributed by atoms with Crippen LogP contribution in [-0.4, -0.2) is 47.0 Å². The van der Waals surface area contributed by atoms with Gasteiger partial charge in [-0.1, -0.05) is 32.0 Å². The highest BCUT2D eigenvalue weighted by Crippen LogP contribution is 2.18. The fraction of sp³-hybridized carbons (Fsp3) is 0.389. The molecule has 0 aliphatic heterocycles. The molecule has 1 aromatic carbocycles. The second-order valence-electron chi connectivity index (χ2n) is 5.46. The number of hydrogen-bond donors (Lipinski definition) is 2. The first-order valence-electron chi connectivity index (χ1n) is 8.43. The maximum atomic E-state index is 12.2. The minimum absolute atomic E-state index is 0.115. The third kappa shape index (κ3) is 5.42. The van der Waals surface area contributed by atoms with Gasteiger partial charge in [0.25, 0.3) is 5.91 Å². The molecule has 1 aromatic heterocycles. The Labute approximate surface area is 148 Å². The number of nitrogens with zero attached hydrogens (tertiary/aromatic N) is 3. The van der Waals surface area contributed by atoms with Crippen molar-refractivity contribution < 1.29 is 9.53 Å². The molecule has 0 saturated carbocycles. The summed E-state index contributed by atoms with van der Waals surface area (Å²) in [6.07, 6.45) is 2.89. The lowest BCUT2D eigenvalue weighted by atomic mass is 10.2. The highest BCUT2D eigenvalue weighted by Gasteiger charge is 2.12. The molecule has 2 aromatic rings. The molecule has 3 N–H and O–H groups in total. The molecule has 0 fully saturated rings. The first kappa shape index (κ1) is 18.7. The summed E-state index contributed by atoms with van der Waals surface area (Å²) in [5.74, 6) is 0.523. The Bertz CT molecular complexity index is 689. The Hall–Kier alpha value is -2.67. The Morgan fingerprint density at radius 2 is 1.92 bits per heavy atom. The second-order valence-corrected chi connectivity index (χ2v) is 5.46. The van der Waals surface area contributed by atoms with E-state index < -0.39 is 0 Å². The summed E-state index contributed by atoms with van der Waals surface area (Å²) in [5, 5.41) is 2.81. The minimum Gasteiger partial charge on any atom is -0.492 e. The van der Waals surface area contributed by atoms with Gasteiger partial charge in [-0.3, -0.25) is 4.79 Å². The monoisotopic (exact) mass is 343 g/mol. The van der Waals surface area contributed by atoms with Crippen LogP contribution >= 0.6 is 0 Å². The number of aromatic nitrogens is 2. The number of benzene rings is 1. The normalized spacial score (nSPS) is 10.7. The average molecular weight is 343 g/mol. The highest BCUT2D eigenvalue weighted by molar-refractivity contribution is 5.96. The number of ether oxygens (including phenoxy) is 1. The molecule has 0 saturated heterocycles. The van der Waals surface area contributed by atoms with Crippen molar-refractivity contribution >= 4 is 11.7 Å². The molecule has 0 atom stereocenters. The number of hydrogen-bond acceptors (Lipinski definition) is 6. The largest absolute Gasteiger partial charge is 0.492 e. The molecule has 1 amide bonds. The molecule has 25 heavy (non-hydrogen) atoms. The van der Waals surface area contributed by atoms with Gasteiger partial charge in [0, 0.05) is 31.0 Å². The van der Waals surface area contributed by atoms with E-state index in [4.69, 9.17) is 10.5 Å². The van der Waals surface area contributed by atoms with Gasteiger partial charge in [-0.05, 0) is 19.2 Å². The standard InChI is InChI=1S/C18H25N5O2/c1-3-23(4-2)11-12-25-15-8-6-5-7-14(15)13-22-18(24)16-17(19)21-10-9-20-16/h5-10H,3-4,11-13H2,1-2H3,(H2,19,21)(H,22,24). The van der Waals surface area contributed by atoms with Gasteiger partial charge < -0.3 is 20.7 Å². The lowest BCUT2D eigenvalue weighted by molar-refractivity contribution is 0.0946. The van der Waals surface area contributed by atoms with Crippen LogP contribution in [0.5, 0.6) is 5.75 Å². The van der Waals surface area contributed by atoms with Gasteiger partial charge in [0.1, 0.15) is 12.4 Å². The predicted octanol–water partition coefficient (Wildman–Crippen LogP) is 1.71. The molecule has 134 valence electrons. The number of carbonyl (C=O) groups excluding carboxylic acids is 1. The van der Waals surface area contributed by atoms with E-state index in [1.165, 1.54) is 12.4 Å². The van der Waals surface area contributed by atoms with Crippen LogP contribution in [0.25, 0.3) is 0 Å². The van der Waals surface area contributed by atoms with Crippen molar-refractivity contribution in [2.75, 3.05) is 32.0 Å². The number of likely N-dealkylation sites (N-methyl/N-ethyl adjacent to an activating group) is 1. The van der Waals surface area contributed by atoms with E-state index in [0.717, 1.165) is 30.9 Å². The van der Waals surface area contributed by atoms with Crippen molar-refractivity contribution in [2.45, 2.75) is 20.4 Å². The van der Waals surface area contributed by atoms with Gasteiger partial charge in [-0.2, -0.15) is 0 Å². The summed E-state index contributed by atoms with van der Waals surface area (Å²) < 4.78 is 5.89. The molecule has 7 heteroatoms. The van der Waals surface area contributed by atoms with Crippen molar-refractivity contribution in [2.24, 2.45) is 0 Å². The predicted molar refractivity (Wildman–Crippen MR) is 97.3 cm³/mol. The summed E-state index contributed by atoms with van der Waals surface area (Å²) in [5.41, 5.74) is 6.70. The minimum atomic E-state index is -0.358. The lowest BCUT2D eigenvalue weighted by Gasteiger charge is -2.19. The van der Waals surface area contributed by atoms with E-state index in [9.17, 15) is 4.79 Å². The molecule has 1 heterocycles. The van der Waals surface area contributed by atoms with Crippen molar-refractivity contribution in [1.82, 2.24) is 20.2 Å². The molecule has 0 aliphatic rings. The molecule has 2 rings (SSSR count). The quantitative estimate of drug-likeness (QED) is 0.720. The van der Waals surface area contributed by atoms with Crippen molar-refractivity contribution in [3.8, 4) is 5.75 Å². The third-order valence-corrected chi connectivity index (χ3v) is 3.91. The maximum Gasteiger partial charge on any atom is 0.273 e. The topological polar surface area (TPSA) is 93.4 Å². The van der Waals surface area contributed by atoms with Crippen molar-refractivity contribution in [3.05, 3.63) is 47.9 Å². The van der Waals surface area contributed by atoms with Crippen molar-refractivity contribution in [1.29, 1.82) is 0 Å². The fourth-order valence-electron chi connectivity index (χ4n) is 2.40. The lowest BCUT2D eigenvalue weighted by Crippen LogP contribution is -2.28. The van der Waals surface area contributed by atoms with Gasteiger partial charge in [-0.15, -0.1) is 0 Å². The second kappa shape index (κ2) is 9.58. The average Bonchev–Trinajstić information content (AvgIpc) is 2.64. The molecule has 0 bridgehead atoms. The Balaban J connectivity index is 1.94. The Morgan fingerprint density at radius 1 is 1.20 bits per heavy atom. The molecular formula is C18H25N5O2. The van der Waals surface area contributed by atoms with Crippen LogP contribution in [0.4, 0.5) is 5.82 Å². The van der Waals surface area contributed by atoms with E-state index in [0.29, 0.717) is 13.2 Å². The SMILES string of the molecule is CCN(CC)CCOc1ccccc1CNC(=O)c1nccnc1N. The summed E-state index contributed by atoms with van der Waals surface area (Å²) in [7, 11) is 0. The van der Waals surface area contributed by atoms with E-state index in [-0.39, 0.29) is 17.4 Å². The number of amides is 1. The molecule has 0 aliphatic carbocycles. The zero-order chi connectivity index (χ0) is 18.1. The van der Waals surface area contributed by atoms with Crippen LogP contribution in [0.15, 0.2) is 36.7 Å². The van der Waals surface area contributed by atoms with Gasteiger partial charge >= 0.3 is 0 Å². The molecular weight excluding hydrogens is 318 g/mol. The van der Waals surface area contributed by atoms with E-state index in [1.807, 2.05) is 24.3 Å². The summed E-state index contributed by atoms with van der Waals surface area (Å²) >= 11 is 0. The Morgan fingerprint density at radius 3 is 2.64 bits per heavy atom. The van der Waals surface area contributed by atoms with Gasteiger partial charge in [-0.25, -0.2) is 9.97 Å². The highest BCUT2D eigenvalue weighted by atomic mass is 16.5. The van der Waals surface area contributed by atoms with Crippen LogP contribution in [0.3, 0.4) is 0 Å². The summed E-state index contributed by atoms with van der Waals surface area (Å²) in [4.78, 5) is 22.3. The van der Waals surface area contributed by atoms with Crippen LogP contribution in [0.2, 0.25) is 0 Å². The number of nitrogens with two attached hydrogens (primary N) is 1. The number of nitrogens with one attached hydrogen (secondary N) is 1. The Kier molecular flexibility index (Phi) is 7.16. The fourth-order valence-corrected chi connectivity index (χ4v) is 2.40. The summed E-state index contributed by atoms with van der Waals surface area (Å²) in [6.45, 7) is 8.05. The number of anilines is 1. The number of para-hydroxylation sites is 1. The van der Waals surface area contributed by atoms with Gasteiger partial charge in [0.15, 0.2) is 11.5 Å². The van der Waals surface area contributed by atoms with E-state index in [2.05, 4.69) is 34.0 Å². The smallest absolute Gasteiger partial charge is 0.273 e.